The van der Waals surface area contributed by atoms with E-state index in [9.17, 15) is 4.79 Å². The van der Waals surface area contributed by atoms with Crippen molar-refractivity contribution in [1.82, 2.24) is 10.2 Å². The van der Waals surface area contributed by atoms with E-state index >= 15 is 0 Å². The van der Waals surface area contributed by atoms with Crippen LogP contribution in [0.3, 0.4) is 0 Å². The Hall–Kier alpha value is -1.39. The van der Waals surface area contributed by atoms with Gasteiger partial charge >= 0.3 is 0 Å². The van der Waals surface area contributed by atoms with E-state index in [0.29, 0.717) is 12.5 Å². The molecule has 1 aromatic rings. The summed E-state index contributed by atoms with van der Waals surface area (Å²) in [5.41, 5.74) is 1.09. The first-order valence-corrected chi connectivity index (χ1v) is 6.81. The molecule has 19 heavy (non-hydrogen) atoms. The predicted molar refractivity (Wildman–Crippen MR) is 74.7 cm³/mol. The average molecular weight is 262 g/mol. The van der Waals surface area contributed by atoms with Gasteiger partial charge in [-0.15, -0.1) is 0 Å². The summed E-state index contributed by atoms with van der Waals surface area (Å²) in [6, 6.07) is 9.89. The van der Waals surface area contributed by atoms with Crippen LogP contribution in [0, 0.1) is 5.92 Å². The van der Waals surface area contributed by atoms with Crippen LogP contribution in [0.1, 0.15) is 12.0 Å². The van der Waals surface area contributed by atoms with E-state index in [4.69, 9.17) is 4.74 Å². The summed E-state index contributed by atoms with van der Waals surface area (Å²) < 4.78 is 5.40. The molecule has 1 aliphatic rings. The second-order valence-electron chi connectivity index (χ2n) is 5.20. The van der Waals surface area contributed by atoms with Crippen molar-refractivity contribution >= 4 is 5.91 Å². The fourth-order valence-corrected chi connectivity index (χ4v) is 2.34. The van der Waals surface area contributed by atoms with Gasteiger partial charge in [-0.3, -0.25) is 4.79 Å². The van der Waals surface area contributed by atoms with Crippen LogP contribution in [0.5, 0.6) is 0 Å². The van der Waals surface area contributed by atoms with Gasteiger partial charge < -0.3 is 15.0 Å². The minimum atomic E-state index is -0.0227. The summed E-state index contributed by atoms with van der Waals surface area (Å²) in [5, 5.41) is 2.94. The van der Waals surface area contributed by atoms with Gasteiger partial charge in [-0.2, -0.15) is 0 Å². The van der Waals surface area contributed by atoms with Crippen molar-refractivity contribution in [1.29, 1.82) is 0 Å². The molecule has 0 bridgehead atoms. The molecule has 0 saturated carbocycles. The number of nitrogens with zero attached hydrogens (tertiary/aromatic N) is 1. The maximum atomic E-state index is 11.6. The molecule has 1 fully saturated rings. The van der Waals surface area contributed by atoms with E-state index in [2.05, 4.69) is 17.3 Å². The zero-order valence-corrected chi connectivity index (χ0v) is 11.5. The van der Waals surface area contributed by atoms with Crippen molar-refractivity contribution in [2.45, 2.75) is 13.0 Å². The maximum Gasteiger partial charge on any atom is 0.246 e. The Bertz CT molecular complexity index is 394. The molecule has 0 aromatic heterocycles. The van der Waals surface area contributed by atoms with E-state index in [1.807, 2.05) is 30.3 Å². The zero-order chi connectivity index (χ0) is 13.5. The van der Waals surface area contributed by atoms with Gasteiger partial charge in [-0.05, 0) is 31.5 Å². The highest BCUT2D eigenvalue weighted by atomic mass is 16.5. The first-order valence-electron chi connectivity index (χ1n) is 6.81. The standard InChI is InChI=1S/C15H22N2O2/c1-17-8-7-14(10-17)9-16-15(18)12-19-11-13-5-3-2-4-6-13/h2-6,14H,7-12H2,1H3,(H,16,18)/t14-/m1/s1. The second-order valence-corrected chi connectivity index (χ2v) is 5.20. The van der Waals surface area contributed by atoms with Gasteiger partial charge in [-0.25, -0.2) is 0 Å². The summed E-state index contributed by atoms with van der Waals surface area (Å²) in [6.07, 6.45) is 1.17. The van der Waals surface area contributed by atoms with Crippen LogP contribution < -0.4 is 5.32 Å². The van der Waals surface area contributed by atoms with Gasteiger partial charge in [-0.1, -0.05) is 30.3 Å². The van der Waals surface area contributed by atoms with Crippen LogP contribution in [0.2, 0.25) is 0 Å². The highest BCUT2D eigenvalue weighted by Crippen LogP contribution is 2.12. The van der Waals surface area contributed by atoms with Crippen molar-refractivity contribution in [2.24, 2.45) is 5.92 Å². The zero-order valence-electron chi connectivity index (χ0n) is 11.5. The molecular formula is C15H22N2O2. The molecule has 1 aromatic carbocycles. The molecule has 1 saturated heterocycles. The molecule has 1 heterocycles. The lowest BCUT2D eigenvalue weighted by Crippen LogP contribution is -2.33. The van der Waals surface area contributed by atoms with Crippen molar-refractivity contribution in [3.63, 3.8) is 0 Å². The number of nitrogens with one attached hydrogen (secondary N) is 1. The van der Waals surface area contributed by atoms with E-state index < -0.39 is 0 Å². The predicted octanol–water partition coefficient (Wildman–Crippen LogP) is 1.27. The molecule has 4 heteroatoms. The third kappa shape index (κ3) is 5.01. The monoisotopic (exact) mass is 262 g/mol. The van der Waals surface area contributed by atoms with Crippen molar-refractivity contribution in [3.05, 3.63) is 35.9 Å². The number of carbonyl (C=O) groups excluding carboxylic acids is 1. The molecule has 0 aliphatic carbocycles. The SMILES string of the molecule is CN1CC[C@H](CNC(=O)COCc2ccccc2)C1. The van der Waals surface area contributed by atoms with E-state index in [1.54, 1.807) is 0 Å². The molecule has 4 nitrogen and oxygen atoms in total. The van der Waals surface area contributed by atoms with Gasteiger partial charge in [0.1, 0.15) is 6.61 Å². The van der Waals surface area contributed by atoms with E-state index in [0.717, 1.165) is 25.2 Å². The normalized spacial score (nSPS) is 19.5. The van der Waals surface area contributed by atoms with Crippen LogP contribution in [0.15, 0.2) is 30.3 Å². The lowest BCUT2D eigenvalue weighted by atomic mass is 10.1. The Kier molecular flexibility index (Phi) is 5.36. The van der Waals surface area contributed by atoms with E-state index in [1.165, 1.54) is 6.42 Å². The summed E-state index contributed by atoms with van der Waals surface area (Å²) in [4.78, 5) is 13.9. The molecule has 2 rings (SSSR count). The van der Waals surface area contributed by atoms with Gasteiger partial charge in [0.15, 0.2) is 0 Å². The molecule has 1 N–H and O–H groups in total. The molecule has 104 valence electrons. The largest absolute Gasteiger partial charge is 0.367 e. The van der Waals surface area contributed by atoms with Crippen LogP contribution in [0.25, 0.3) is 0 Å². The average Bonchev–Trinajstić information content (AvgIpc) is 2.83. The van der Waals surface area contributed by atoms with Crippen molar-refractivity contribution in [2.75, 3.05) is 33.3 Å². The fourth-order valence-electron chi connectivity index (χ4n) is 2.34. The summed E-state index contributed by atoms with van der Waals surface area (Å²) in [7, 11) is 2.12. The Morgan fingerprint density at radius 3 is 2.89 bits per heavy atom. The van der Waals surface area contributed by atoms with Crippen LogP contribution in [-0.4, -0.2) is 44.1 Å². The molecular weight excluding hydrogens is 240 g/mol. The fraction of sp³-hybridized carbons (Fsp3) is 0.533. The number of ether oxygens (including phenoxy) is 1. The molecule has 1 aliphatic heterocycles. The lowest BCUT2D eigenvalue weighted by Gasteiger charge is -2.11. The Morgan fingerprint density at radius 2 is 2.21 bits per heavy atom. The first kappa shape index (κ1) is 14.0. The van der Waals surface area contributed by atoms with Gasteiger partial charge in [0.05, 0.1) is 6.61 Å². The molecule has 0 unspecified atom stereocenters. The highest BCUT2D eigenvalue weighted by molar-refractivity contribution is 5.77. The van der Waals surface area contributed by atoms with Crippen LogP contribution >= 0.6 is 0 Å². The van der Waals surface area contributed by atoms with Gasteiger partial charge in [0, 0.05) is 13.1 Å². The summed E-state index contributed by atoms with van der Waals surface area (Å²) in [6.45, 7) is 3.59. The van der Waals surface area contributed by atoms with Gasteiger partial charge in [0.25, 0.3) is 0 Å². The number of carbonyl (C=O) groups is 1. The summed E-state index contributed by atoms with van der Waals surface area (Å²) in [5.74, 6) is 0.563. The highest BCUT2D eigenvalue weighted by Gasteiger charge is 2.19. The number of benzene rings is 1. The second kappa shape index (κ2) is 7.26. The Balaban J connectivity index is 1.57. The Labute approximate surface area is 114 Å². The number of hydrogen-bond acceptors (Lipinski definition) is 3. The number of likely N-dealkylation sites (tertiary alicyclic amines) is 1. The van der Waals surface area contributed by atoms with Crippen LogP contribution in [-0.2, 0) is 16.1 Å². The number of hydrogen-bond donors (Lipinski definition) is 1. The topological polar surface area (TPSA) is 41.6 Å². The maximum absolute atomic E-state index is 11.6. The Morgan fingerprint density at radius 1 is 1.42 bits per heavy atom. The summed E-state index contributed by atoms with van der Waals surface area (Å²) >= 11 is 0. The van der Waals surface area contributed by atoms with E-state index in [-0.39, 0.29) is 12.5 Å². The molecule has 0 spiro atoms. The van der Waals surface area contributed by atoms with Crippen molar-refractivity contribution < 1.29 is 9.53 Å². The van der Waals surface area contributed by atoms with Gasteiger partial charge in [0.2, 0.25) is 5.91 Å². The third-order valence-corrected chi connectivity index (χ3v) is 3.42. The third-order valence-electron chi connectivity index (χ3n) is 3.42. The van der Waals surface area contributed by atoms with Crippen LogP contribution in [0.4, 0.5) is 0 Å². The molecule has 1 amide bonds. The number of amides is 1. The smallest absolute Gasteiger partial charge is 0.246 e. The minimum absolute atomic E-state index is 0.0227. The lowest BCUT2D eigenvalue weighted by molar-refractivity contribution is -0.126. The quantitative estimate of drug-likeness (QED) is 0.839. The number of rotatable bonds is 6. The first-order chi connectivity index (χ1) is 9.24. The molecule has 0 radical (unpaired) electrons. The van der Waals surface area contributed by atoms with Crippen molar-refractivity contribution in [3.8, 4) is 0 Å². The minimum Gasteiger partial charge on any atom is -0.367 e. The molecule has 1 atom stereocenters.